The number of benzene rings is 1. The number of hydrogen-bond donors (Lipinski definition) is 1. The third-order valence-electron chi connectivity index (χ3n) is 2.32. The SMILES string of the molecule is O=C(O)CCN([N+](=O)[O-])S(=O)(=O)c1ccc([N+](=O)[O-])cc1. The molecule has 114 valence electrons. The second-order valence-corrected chi connectivity index (χ2v) is 5.53. The number of aliphatic carboxylic acids is 1. The zero-order valence-corrected chi connectivity index (χ0v) is 11.1. The van der Waals surface area contributed by atoms with Crippen LogP contribution in [0, 0.1) is 20.2 Å². The maximum Gasteiger partial charge on any atom is 0.313 e. The van der Waals surface area contributed by atoms with E-state index in [4.69, 9.17) is 5.11 Å². The van der Waals surface area contributed by atoms with Gasteiger partial charge in [-0.25, -0.2) is 10.1 Å². The summed E-state index contributed by atoms with van der Waals surface area (Å²) < 4.78 is 23.8. The van der Waals surface area contributed by atoms with Crippen LogP contribution in [0.1, 0.15) is 6.42 Å². The van der Waals surface area contributed by atoms with Crippen molar-refractivity contribution in [2.24, 2.45) is 0 Å². The first-order chi connectivity index (χ1) is 9.66. The number of non-ortho nitro benzene ring substituents is 1. The smallest absolute Gasteiger partial charge is 0.313 e. The van der Waals surface area contributed by atoms with E-state index in [1.165, 1.54) is 0 Å². The fourth-order valence-corrected chi connectivity index (χ4v) is 2.57. The number of sulfonamides is 1. The number of hydrazine groups is 1. The Balaban J connectivity index is 3.13. The van der Waals surface area contributed by atoms with Crippen LogP contribution < -0.4 is 0 Å². The van der Waals surface area contributed by atoms with Crippen LogP contribution in [-0.4, -0.2) is 40.4 Å². The highest BCUT2D eigenvalue weighted by molar-refractivity contribution is 7.89. The maximum atomic E-state index is 12.0. The first-order valence-electron chi connectivity index (χ1n) is 5.29. The number of nitro groups is 2. The molecule has 1 N–H and O–H groups in total. The third kappa shape index (κ3) is 3.85. The molecule has 0 aliphatic carbocycles. The fraction of sp³-hybridized carbons (Fsp3) is 0.222. The molecule has 21 heavy (non-hydrogen) atoms. The van der Waals surface area contributed by atoms with E-state index in [1.807, 2.05) is 0 Å². The van der Waals surface area contributed by atoms with Gasteiger partial charge in [-0.3, -0.25) is 14.9 Å². The lowest BCUT2D eigenvalue weighted by Gasteiger charge is -2.13. The summed E-state index contributed by atoms with van der Waals surface area (Å²) in [7, 11) is -4.59. The van der Waals surface area contributed by atoms with E-state index in [9.17, 15) is 33.4 Å². The number of carboxylic acids is 1. The van der Waals surface area contributed by atoms with Gasteiger partial charge >= 0.3 is 16.0 Å². The van der Waals surface area contributed by atoms with Crippen molar-refractivity contribution in [2.45, 2.75) is 11.3 Å². The Bertz CT molecular complexity index is 669. The van der Waals surface area contributed by atoms with Crippen LogP contribution in [0.3, 0.4) is 0 Å². The van der Waals surface area contributed by atoms with Crippen molar-refractivity contribution in [3.8, 4) is 0 Å². The first kappa shape index (κ1) is 16.3. The summed E-state index contributed by atoms with van der Waals surface area (Å²) in [5.41, 5.74) is -0.382. The lowest BCUT2D eigenvalue weighted by Crippen LogP contribution is -2.37. The molecule has 1 aromatic carbocycles. The maximum absolute atomic E-state index is 12.0. The number of carbonyl (C=O) groups is 1. The predicted octanol–water partition coefficient (Wildman–Crippen LogP) is 0.252. The van der Waals surface area contributed by atoms with Gasteiger partial charge in [0.25, 0.3) is 5.69 Å². The average molecular weight is 319 g/mol. The van der Waals surface area contributed by atoms with Crippen molar-refractivity contribution in [3.63, 3.8) is 0 Å². The highest BCUT2D eigenvalue weighted by Crippen LogP contribution is 2.19. The average Bonchev–Trinajstić information content (AvgIpc) is 2.37. The van der Waals surface area contributed by atoms with Gasteiger partial charge in [-0.2, -0.15) is 8.42 Å². The molecule has 1 rings (SSSR count). The predicted molar refractivity (Wildman–Crippen MR) is 66.2 cm³/mol. The van der Waals surface area contributed by atoms with Crippen LogP contribution in [0.2, 0.25) is 0 Å². The molecule has 1 aromatic rings. The second kappa shape index (κ2) is 6.13. The number of rotatable bonds is 7. The van der Waals surface area contributed by atoms with Crippen LogP contribution in [0.4, 0.5) is 5.69 Å². The molecule has 0 saturated carbocycles. The van der Waals surface area contributed by atoms with E-state index in [0.29, 0.717) is 0 Å². The Morgan fingerprint density at radius 3 is 2.10 bits per heavy atom. The summed E-state index contributed by atoms with van der Waals surface area (Å²) in [6.07, 6.45) is -0.757. The highest BCUT2D eigenvalue weighted by atomic mass is 32.2. The van der Waals surface area contributed by atoms with Gasteiger partial charge in [-0.05, 0) is 16.5 Å². The van der Waals surface area contributed by atoms with Crippen molar-refractivity contribution < 1.29 is 28.3 Å². The molecular weight excluding hydrogens is 310 g/mol. The van der Waals surface area contributed by atoms with Gasteiger partial charge in [0, 0.05) is 12.1 Å². The fourth-order valence-electron chi connectivity index (χ4n) is 1.34. The Hall–Kier alpha value is -2.76. The summed E-state index contributed by atoms with van der Waals surface area (Å²) in [5.74, 6) is -1.40. The van der Waals surface area contributed by atoms with Crippen LogP contribution in [0.25, 0.3) is 0 Å². The van der Waals surface area contributed by atoms with Crippen LogP contribution in [0.5, 0.6) is 0 Å². The molecule has 0 fully saturated rings. The second-order valence-electron chi connectivity index (χ2n) is 3.68. The Kier molecular flexibility index (Phi) is 4.75. The molecule has 0 radical (unpaired) electrons. The van der Waals surface area contributed by atoms with Gasteiger partial charge in [0.2, 0.25) is 0 Å². The molecule has 0 amide bonds. The highest BCUT2D eigenvalue weighted by Gasteiger charge is 2.33. The van der Waals surface area contributed by atoms with Crippen molar-refractivity contribution in [3.05, 3.63) is 44.5 Å². The Morgan fingerprint density at radius 2 is 1.71 bits per heavy atom. The molecule has 0 aromatic heterocycles. The molecule has 0 atom stereocenters. The van der Waals surface area contributed by atoms with Gasteiger partial charge < -0.3 is 5.11 Å². The summed E-state index contributed by atoms with van der Waals surface area (Å²) in [5, 5.41) is 28.4. The van der Waals surface area contributed by atoms with Crippen LogP contribution in [-0.2, 0) is 14.8 Å². The third-order valence-corrected chi connectivity index (χ3v) is 4.06. The van der Waals surface area contributed by atoms with E-state index in [-0.39, 0.29) is 10.1 Å². The van der Waals surface area contributed by atoms with Crippen LogP contribution >= 0.6 is 0 Å². The molecule has 0 unspecified atom stereocenters. The normalized spacial score (nSPS) is 10.9. The van der Waals surface area contributed by atoms with Gasteiger partial charge in [0.1, 0.15) is 6.54 Å². The molecule has 12 heteroatoms. The first-order valence-corrected chi connectivity index (χ1v) is 6.73. The minimum Gasteiger partial charge on any atom is -0.481 e. The van der Waals surface area contributed by atoms with Gasteiger partial charge in [-0.15, -0.1) is 0 Å². The minimum absolute atomic E-state index is 0.220. The van der Waals surface area contributed by atoms with Gasteiger partial charge in [0.05, 0.1) is 16.2 Å². The van der Waals surface area contributed by atoms with Crippen molar-refractivity contribution >= 4 is 21.7 Å². The molecule has 11 nitrogen and oxygen atoms in total. The summed E-state index contributed by atoms with van der Waals surface area (Å²) in [6, 6.07) is 3.43. The monoisotopic (exact) mass is 319 g/mol. The number of hydrogen-bond acceptors (Lipinski definition) is 7. The van der Waals surface area contributed by atoms with Crippen LogP contribution in [0.15, 0.2) is 29.2 Å². The standard InChI is InChI=1S/C9H9N3O8S/c13-9(14)5-6-10(12(17)18)21(19,20)8-3-1-7(2-4-8)11(15)16/h1-4H,5-6H2,(H,13,14). The number of nitro benzene ring substituents is 1. The molecule has 0 aliphatic rings. The quantitative estimate of drug-likeness (QED) is 0.552. The van der Waals surface area contributed by atoms with Gasteiger partial charge in [0.15, 0.2) is 5.03 Å². The number of nitrogens with zero attached hydrogens (tertiary/aromatic N) is 3. The zero-order valence-electron chi connectivity index (χ0n) is 10.3. The van der Waals surface area contributed by atoms with Gasteiger partial charge in [-0.1, -0.05) is 0 Å². The van der Waals surface area contributed by atoms with Crippen molar-refractivity contribution in [1.29, 1.82) is 0 Å². The molecule has 0 spiro atoms. The molecular formula is C9H9N3O8S. The lowest BCUT2D eigenvalue weighted by atomic mass is 10.3. The van der Waals surface area contributed by atoms with Crippen molar-refractivity contribution in [1.82, 2.24) is 4.41 Å². The summed E-state index contributed by atoms with van der Waals surface area (Å²) in [6.45, 7) is -0.859. The molecule has 0 heterocycles. The summed E-state index contributed by atoms with van der Waals surface area (Å²) >= 11 is 0. The van der Waals surface area contributed by atoms with Crippen molar-refractivity contribution in [2.75, 3.05) is 6.54 Å². The van der Waals surface area contributed by atoms with E-state index in [0.717, 1.165) is 24.3 Å². The van der Waals surface area contributed by atoms with E-state index >= 15 is 0 Å². The molecule has 0 aliphatic heterocycles. The Morgan fingerprint density at radius 1 is 1.19 bits per heavy atom. The van der Waals surface area contributed by atoms with E-state index in [2.05, 4.69) is 0 Å². The topological polar surface area (TPSA) is 161 Å². The number of carboxylic acid groups (broad SMARTS) is 1. The Labute approximate surface area is 117 Å². The minimum atomic E-state index is -4.59. The lowest BCUT2D eigenvalue weighted by molar-refractivity contribution is -0.619. The van der Waals surface area contributed by atoms with E-state index in [1.54, 1.807) is 0 Å². The largest absolute Gasteiger partial charge is 0.481 e. The summed E-state index contributed by atoms with van der Waals surface area (Å²) in [4.78, 5) is 30.3. The molecule has 0 bridgehead atoms. The molecule has 0 saturated heterocycles. The zero-order chi connectivity index (χ0) is 16.2. The van der Waals surface area contributed by atoms with E-state index < -0.39 is 43.8 Å².